The Labute approximate surface area is 136 Å². The summed E-state index contributed by atoms with van der Waals surface area (Å²) in [5, 5.41) is 2.40. The highest BCUT2D eigenvalue weighted by atomic mass is 35.5. The summed E-state index contributed by atoms with van der Waals surface area (Å²) in [5.74, 6) is -0.582. The van der Waals surface area contributed by atoms with E-state index in [1.54, 1.807) is 20.8 Å². The lowest BCUT2D eigenvalue weighted by atomic mass is 10.2. The second-order valence-electron chi connectivity index (χ2n) is 5.53. The van der Waals surface area contributed by atoms with Gasteiger partial charge in [-0.3, -0.25) is 0 Å². The Bertz CT molecular complexity index is 474. The molecular formula is C15H23ClN2O4. The molecule has 0 saturated carbocycles. The molecule has 0 bridgehead atoms. The Kier molecular flexibility index (Phi) is 8.52. The van der Waals surface area contributed by atoms with Crippen molar-refractivity contribution in [3.05, 3.63) is 35.9 Å². The number of esters is 1. The van der Waals surface area contributed by atoms with Gasteiger partial charge in [0.2, 0.25) is 0 Å². The molecule has 3 N–H and O–H groups in total. The van der Waals surface area contributed by atoms with Crippen LogP contribution >= 0.6 is 12.4 Å². The zero-order chi connectivity index (χ0) is 15.9. The molecule has 0 heterocycles. The first-order valence-corrected chi connectivity index (χ1v) is 6.72. The fraction of sp³-hybridized carbons (Fsp3) is 0.467. The third kappa shape index (κ3) is 7.85. The summed E-state index contributed by atoms with van der Waals surface area (Å²) in [6.45, 7) is 5.29. The van der Waals surface area contributed by atoms with Crippen LogP contribution in [0.15, 0.2) is 30.3 Å². The van der Waals surface area contributed by atoms with Gasteiger partial charge < -0.3 is 20.5 Å². The highest BCUT2D eigenvalue weighted by molar-refractivity contribution is 5.85. The van der Waals surface area contributed by atoms with Crippen LogP contribution in [0.5, 0.6) is 0 Å². The molecule has 0 aliphatic heterocycles. The average Bonchev–Trinajstić information content (AvgIpc) is 2.41. The number of carbonyl (C=O) groups excluding carboxylic acids is 2. The van der Waals surface area contributed by atoms with Crippen molar-refractivity contribution in [1.82, 2.24) is 5.32 Å². The SMILES string of the molecule is CC(C)(C)OC(=O)[C@H](CN)NC(=O)OCc1ccccc1.Cl. The first-order valence-electron chi connectivity index (χ1n) is 6.72. The van der Waals surface area contributed by atoms with Gasteiger partial charge in [-0.25, -0.2) is 9.59 Å². The van der Waals surface area contributed by atoms with Gasteiger partial charge in [-0.1, -0.05) is 30.3 Å². The van der Waals surface area contributed by atoms with Crippen LogP contribution in [0, 0.1) is 0 Å². The van der Waals surface area contributed by atoms with E-state index in [1.165, 1.54) is 0 Å². The summed E-state index contributed by atoms with van der Waals surface area (Å²) in [7, 11) is 0. The van der Waals surface area contributed by atoms with Crippen molar-refractivity contribution >= 4 is 24.5 Å². The highest BCUT2D eigenvalue weighted by Gasteiger charge is 2.25. The van der Waals surface area contributed by atoms with Gasteiger partial charge in [0.15, 0.2) is 0 Å². The lowest BCUT2D eigenvalue weighted by molar-refractivity contribution is -0.157. The molecule has 7 heteroatoms. The van der Waals surface area contributed by atoms with Crippen molar-refractivity contribution in [2.24, 2.45) is 5.73 Å². The van der Waals surface area contributed by atoms with E-state index >= 15 is 0 Å². The van der Waals surface area contributed by atoms with Crippen LogP contribution in [0.25, 0.3) is 0 Å². The van der Waals surface area contributed by atoms with Crippen LogP contribution < -0.4 is 11.1 Å². The number of nitrogens with one attached hydrogen (secondary N) is 1. The van der Waals surface area contributed by atoms with Gasteiger partial charge in [-0.05, 0) is 26.3 Å². The number of halogens is 1. The Morgan fingerprint density at radius 2 is 1.82 bits per heavy atom. The topological polar surface area (TPSA) is 90.6 Å². The molecule has 0 radical (unpaired) electrons. The molecule has 6 nitrogen and oxygen atoms in total. The molecule has 0 aliphatic carbocycles. The molecule has 1 aromatic carbocycles. The van der Waals surface area contributed by atoms with E-state index in [1.807, 2.05) is 30.3 Å². The molecule has 22 heavy (non-hydrogen) atoms. The Hall–Kier alpha value is -1.79. The molecule has 0 spiro atoms. The van der Waals surface area contributed by atoms with Crippen LogP contribution in [0.4, 0.5) is 4.79 Å². The molecule has 1 rings (SSSR count). The van der Waals surface area contributed by atoms with E-state index in [2.05, 4.69) is 5.32 Å². The number of alkyl carbamates (subject to hydrolysis) is 1. The lowest BCUT2D eigenvalue weighted by Crippen LogP contribution is -2.48. The van der Waals surface area contributed by atoms with Crippen molar-refractivity contribution in [3.63, 3.8) is 0 Å². The maximum absolute atomic E-state index is 11.8. The molecule has 0 aliphatic rings. The maximum atomic E-state index is 11.8. The number of benzene rings is 1. The van der Waals surface area contributed by atoms with Gasteiger partial charge >= 0.3 is 12.1 Å². The van der Waals surface area contributed by atoms with Crippen LogP contribution in [-0.2, 0) is 20.9 Å². The predicted octanol–water partition coefficient (Wildman–Crippen LogP) is 2.00. The second kappa shape index (κ2) is 9.27. The average molecular weight is 331 g/mol. The number of rotatable bonds is 5. The normalized spacial score (nSPS) is 11.8. The quantitative estimate of drug-likeness (QED) is 0.806. The summed E-state index contributed by atoms with van der Waals surface area (Å²) >= 11 is 0. The third-order valence-corrected chi connectivity index (χ3v) is 2.43. The van der Waals surface area contributed by atoms with Crippen LogP contribution in [0.1, 0.15) is 26.3 Å². The molecule has 0 aromatic heterocycles. The first-order chi connectivity index (χ1) is 9.81. The Balaban J connectivity index is 0.00000441. The summed E-state index contributed by atoms with van der Waals surface area (Å²) < 4.78 is 10.2. The molecule has 124 valence electrons. The van der Waals surface area contributed by atoms with E-state index in [0.717, 1.165) is 5.56 Å². The molecule has 1 aromatic rings. The first kappa shape index (κ1) is 20.2. The number of amides is 1. The van der Waals surface area contributed by atoms with Crippen LogP contribution in [-0.4, -0.2) is 30.3 Å². The fourth-order valence-corrected chi connectivity index (χ4v) is 1.49. The largest absolute Gasteiger partial charge is 0.458 e. The molecule has 0 fully saturated rings. The summed E-state index contributed by atoms with van der Waals surface area (Å²) in [6.07, 6.45) is -0.708. The zero-order valence-corrected chi connectivity index (χ0v) is 13.8. The van der Waals surface area contributed by atoms with Gasteiger partial charge in [-0.15, -0.1) is 12.4 Å². The van der Waals surface area contributed by atoms with E-state index in [0.29, 0.717) is 0 Å². The fourth-order valence-electron chi connectivity index (χ4n) is 1.49. The Morgan fingerprint density at radius 3 is 2.32 bits per heavy atom. The number of hydrogen-bond acceptors (Lipinski definition) is 5. The predicted molar refractivity (Wildman–Crippen MR) is 85.7 cm³/mol. The van der Waals surface area contributed by atoms with Crippen molar-refractivity contribution in [2.75, 3.05) is 6.54 Å². The summed E-state index contributed by atoms with van der Waals surface area (Å²) in [5.41, 5.74) is 5.69. The molecular weight excluding hydrogens is 308 g/mol. The molecule has 0 saturated heterocycles. The summed E-state index contributed by atoms with van der Waals surface area (Å²) in [4.78, 5) is 23.5. The minimum atomic E-state index is -0.924. The number of carbonyl (C=O) groups is 2. The number of hydrogen-bond donors (Lipinski definition) is 2. The van der Waals surface area contributed by atoms with Crippen LogP contribution in [0.3, 0.4) is 0 Å². The van der Waals surface area contributed by atoms with Gasteiger partial charge in [0.1, 0.15) is 18.2 Å². The van der Waals surface area contributed by atoms with E-state index in [4.69, 9.17) is 15.2 Å². The summed E-state index contributed by atoms with van der Waals surface area (Å²) in [6, 6.07) is 8.31. The highest BCUT2D eigenvalue weighted by Crippen LogP contribution is 2.08. The monoisotopic (exact) mass is 330 g/mol. The van der Waals surface area contributed by atoms with Crippen molar-refractivity contribution < 1.29 is 19.1 Å². The van der Waals surface area contributed by atoms with Crippen LogP contribution in [0.2, 0.25) is 0 Å². The van der Waals surface area contributed by atoms with E-state index in [9.17, 15) is 9.59 Å². The minimum Gasteiger partial charge on any atom is -0.458 e. The van der Waals surface area contributed by atoms with Gasteiger partial charge in [0.05, 0.1) is 0 Å². The van der Waals surface area contributed by atoms with Gasteiger partial charge in [0.25, 0.3) is 0 Å². The lowest BCUT2D eigenvalue weighted by Gasteiger charge is -2.23. The van der Waals surface area contributed by atoms with Gasteiger partial charge in [-0.2, -0.15) is 0 Å². The maximum Gasteiger partial charge on any atom is 0.408 e. The molecule has 0 unspecified atom stereocenters. The molecule has 1 atom stereocenters. The van der Waals surface area contributed by atoms with Crippen molar-refractivity contribution in [2.45, 2.75) is 39.0 Å². The number of ether oxygens (including phenoxy) is 2. The molecule has 1 amide bonds. The standard InChI is InChI=1S/C15H22N2O4.ClH/c1-15(2,3)21-13(18)12(9-16)17-14(19)20-10-11-7-5-4-6-8-11;/h4-8,12H,9-10,16H2,1-3H3,(H,17,19);1H/t12-;/m0./s1. The van der Waals surface area contributed by atoms with E-state index in [-0.39, 0.29) is 25.6 Å². The second-order valence-corrected chi connectivity index (χ2v) is 5.53. The third-order valence-electron chi connectivity index (χ3n) is 2.43. The van der Waals surface area contributed by atoms with Gasteiger partial charge in [0, 0.05) is 6.54 Å². The smallest absolute Gasteiger partial charge is 0.408 e. The van der Waals surface area contributed by atoms with E-state index < -0.39 is 23.7 Å². The minimum absolute atomic E-state index is 0. The Morgan fingerprint density at radius 1 is 1.23 bits per heavy atom. The zero-order valence-electron chi connectivity index (χ0n) is 13.0. The van der Waals surface area contributed by atoms with Crippen molar-refractivity contribution in [1.29, 1.82) is 0 Å². The van der Waals surface area contributed by atoms with Crippen molar-refractivity contribution in [3.8, 4) is 0 Å². The number of nitrogens with two attached hydrogens (primary N) is 1.